The van der Waals surface area contributed by atoms with E-state index in [2.05, 4.69) is 29.2 Å². The van der Waals surface area contributed by atoms with E-state index < -0.39 is 15.6 Å². The van der Waals surface area contributed by atoms with Crippen LogP contribution in [0.1, 0.15) is 69.6 Å². The highest BCUT2D eigenvalue weighted by atomic mass is 32.2. The molecule has 3 aromatic carbocycles. The molecule has 260 valence electrons. The van der Waals surface area contributed by atoms with Gasteiger partial charge in [-0.2, -0.15) is 4.31 Å². The summed E-state index contributed by atoms with van der Waals surface area (Å²) in [6, 6.07) is 30.6. The van der Waals surface area contributed by atoms with Crippen LogP contribution < -0.4 is 0 Å². The average Bonchev–Trinajstić information content (AvgIpc) is 3.67. The molecule has 8 nitrogen and oxygen atoms in total. The molecular weight excluding hydrogens is 647 g/mol. The van der Waals surface area contributed by atoms with Gasteiger partial charge in [-0.15, -0.1) is 0 Å². The Balaban J connectivity index is 1.17. The number of amides is 1. The summed E-state index contributed by atoms with van der Waals surface area (Å²) in [5.41, 5.74) is 5.03. The van der Waals surface area contributed by atoms with Gasteiger partial charge in [0.2, 0.25) is 10.0 Å². The predicted octanol–water partition coefficient (Wildman–Crippen LogP) is 9.47. The lowest BCUT2D eigenvalue weighted by atomic mass is 9.94. The first kappa shape index (κ1) is 35.1. The van der Waals surface area contributed by atoms with Gasteiger partial charge in [0.25, 0.3) is 0 Å². The molecule has 0 unspecified atom stereocenters. The molecule has 0 aliphatic heterocycles. The van der Waals surface area contributed by atoms with Crippen LogP contribution in [0.25, 0.3) is 22.5 Å². The van der Waals surface area contributed by atoms with Gasteiger partial charge in [0.1, 0.15) is 11.4 Å². The van der Waals surface area contributed by atoms with Crippen molar-refractivity contribution in [2.24, 2.45) is 0 Å². The van der Waals surface area contributed by atoms with Crippen LogP contribution in [0.4, 0.5) is 4.79 Å². The van der Waals surface area contributed by atoms with Gasteiger partial charge in [-0.05, 0) is 104 Å². The first-order valence-electron chi connectivity index (χ1n) is 17.3. The van der Waals surface area contributed by atoms with Crippen molar-refractivity contribution in [3.63, 3.8) is 0 Å². The molecule has 1 saturated carbocycles. The number of aromatic nitrogens is 1. The van der Waals surface area contributed by atoms with Crippen LogP contribution in [0.3, 0.4) is 0 Å². The predicted molar refractivity (Wildman–Crippen MR) is 195 cm³/mol. The van der Waals surface area contributed by atoms with Crippen molar-refractivity contribution in [2.75, 3.05) is 0 Å². The number of hydrogen-bond acceptors (Lipinski definition) is 6. The molecule has 50 heavy (non-hydrogen) atoms. The Morgan fingerprint density at radius 2 is 1.36 bits per heavy atom. The zero-order valence-corrected chi connectivity index (χ0v) is 29.8. The molecule has 5 aromatic rings. The zero-order chi connectivity index (χ0) is 35.1. The molecule has 0 radical (unpaired) electrons. The van der Waals surface area contributed by atoms with Gasteiger partial charge in [0, 0.05) is 43.6 Å². The quantitative estimate of drug-likeness (QED) is 0.137. The number of sulfonamides is 1. The summed E-state index contributed by atoms with van der Waals surface area (Å²) in [4.78, 5) is 19.5. The van der Waals surface area contributed by atoms with Crippen LogP contribution in [0, 0.1) is 0 Å². The minimum atomic E-state index is -3.85. The van der Waals surface area contributed by atoms with Crippen molar-refractivity contribution in [3.8, 4) is 22.5 Å². The maximum atomic E-state index is 14.0. The number of rotatable bonds is 11. The lowest BCUT2D eigenvalue weighted by Crippen LogP contribution is -2.43. The Morgan fingerprint density at radius 3 is 1.92 bits per heavy atom. The van der Waals surface area contributed by atoms with Crippen molar-refractivity contribution in [1.82, 2.24) is 14.2 Å². The second kappa shape index (κ2) is 15.4. The van der Waals surface area contributed by atoms with Crippen molar-refractivity contribution in [3.05, 3.63) is 132 Å². The highest BCUT2D eigenvalue weighted by molar-refractivity contribution is 7.89. The number of carbonyl (C=O) groups excluding carboxylic acids is 1. The summed E-state index contributed by atoms with van der Waals surface area (Å²) in [5, 5.41) is 0. The number of pyridine rings is 1. The maximum absolute atomic E-state index is 14.0. The van der Waals surface area contributed by atoms with Gasteiger partial charge >= 0.3 is 6.09 Å². The largest absolute Gasteiger partial charge is 0.464 e. The first-order chi connectivity index (χ1) is 24.0. The third-order valence-electron chi connectivity index (χ3n) is 8.98. The smallest absolute Gasteiger partial charge is 0.410 e. The van der Waals surface area contributed by atoms with E-state index in [0.717, 1.165) is 59.1 Å². The summed E-state index contributed by atoms with van der Waals surface area (Å²) >= 11 is 0. The first-order valence-corrected chi connectivity index (χ1v) is 18.7. The van der Waals surface area contributed by atoms with E-state index in [1.807, 2.05) is 68.1 Å². The molecule has 0 N–H and O–H groups in total. The summed E-state index contributed by atoms with van der Waals surface area (Å²) in [6.07, 6.45) is 10.2. The molecule has 2 heterocycles. The fourth-order valence-electron chi connectivity index (χ4n) is 6.37. The molecule has 0 bridgehead atoms. The topological polar surface area (TPSA) is 93.0 Å². The number of furan rings is 1. The second-order valence-electron chi connectivity index (χ2n) is 13.9. The van der Waals surface area contributed by atoms with Gasteiger partial charge in [-0.1, -0.05) is 73.9 Å². The highest BCUT2D eigenvalue weighted by Gasteiger charge is 2.30. The van der Waals surface area contributed by atoms with Crippen molar-refractivity contribution in [1.29, 1.82) is 0 Å². The normalized spacial score (nSPS) is 14.1. The molecule has 1 amide bonds. The molecule has 1 aliphatic carbocycles. The monoisotopic (exact) mass is 691 g/mol. The SMILES string of the molecule is CC(C)(C)OC(=O)N(Cc1ccc(-c2ccc(CN(Cc3cccnc3)S(=O)(=O)c3ccc(-c4ccco4)cc3)cc2)cc1)C1CCCCC1. The third kappa shape index (κ3) is 8.89. The molecule has 2 aromatic heterocycles. The van der Waals surface area contributed by atoms with E-state index in [-0.39, 0.29) is 30.1 Å². The number of benzene rings is 3. The van der Waals surface area contributed by atoms with Gasteiger partial charge < -0.3 is 14.1 Å². The molecule has 9 heteroatoms. The minimum Gasteiger partial charge on any atom is -0.464 e. The van der Waals surface area contributed by atoms with Crippen LogP contribution >= 0.6 is 0 Å². The number of nitrogens with zero attached hydrogens (tertiary/aromatic N) is 3. The van der Waals surface area contributed by atoms with Gasteiger partial charge in [-0.25, -0.2) is 13.2 Å². The van der Waals surface area contributed by atoms with E-state index in [0.29, 0.717) is 12.3 Å². The summed E-state index contributed by atoms with van der Waals surface area (Å²) in [5.74, 6) is 0.679. The van der Waals surface area contributed by atoms with E-state index in [1.54, 1.807) is 49.0 Å². The lowest BCUT2D eigenvalue weighted by molar-refractivity contribution is 0.00988. The van der Waals surface area contributed by atoms with Crippen LogP contribution in [-0.4, -0.2) is 40.3 Å². The Morgan fingerprint density at radius 1 is 0.760 bits per heavy atom. The Labute approximate surface area is 295 Å². The molecular formula is C41H45N3O5S. The maximum Gasteiger partial charge on any atom is 0.410 e. The molecule has 1 fully saturated rings. The number of ether oxygens (including phenoxy) is 1. The second-order valence-corrected chi connectivity index (χ2v) is 15.9. The highest BCUT2D eigenvalue weighted by Crippen LogP contribution is 2.29. The van der Waals surface area contributed by atoms with Crippen molar-refractivity contribution < 1.29 is 22.4 Å². The fourth-order valence-corrected chi connectivity index (χ4v) is 7.78. The van der Waals surface area contributed by atoms with Crippen LogP contribution in [-0.2, 0) is 34.4 Å². The van der Waals surface area contributed by atoms with Gasteiger partial charge in [-0.3, -0.25) is 4.98 Å². The van der Waals surface area contributed by atoms with E-state index in [4.69, 9.17) is 9.15 Å². The third-order valence-corrected chi connectivity index (χ3v) is 10.8. The van der Waals surface area contributed by atoms with Crippen molar-refractivity contribution in [2.45, 2.75) is 89.0 Å². The summed E-state index contributed by atoms with van der Waals surface area (Å²) < 4.78 is 40.7. The standard InChI is InChI=1S/C41H45N3O5S/c1-41(2,3)49-40(45)44(37-10-5-4-6-11-37)30-32-15-19-35(20-16-32)34-17-13-31(14-18-34)28-43(29-33-9-7-25-42-27-33)50(46,47)38-23-21-36(22-24-38)39-12-8-26-48-39/h7-9,12-27,37H,4-6,10-11,28-30H2,1-3H3. The molecule has 0 atom stereocenters. The van der Waals surface area contributed by atoms with E-state index in [9.17, 15) is 13.2 Å². The van der Waals surface area contributed by atoms with Crippen molar-refractivity contribution >= 4 is 16.1 Å². The number of hydrogen-bond donors (Lipinski definition) is 0. The fraction of sp³-hybridized carbons (Fsp3) is 0.317. The summed E-state index contributed by atoms with van der Waals surface area (Å²) in [6.45, 7) is 6.60. The van der Waals surface area contributed by atoms with Crippen LogP contribution in [0.15, 0.2) is 125 Å². The average molecular weight is 692 g/mol. The summed E-state index contributed by atoms with van der Waals surface area (Å²) in [7, 11) is -3.85. The minimum absolute atomic E-state index is 0.181. The van der Waals surface area contributed by atoms with Gasteiger partial charge in [0.05, 0.1) is 11.2 Å². The lowest BCUT2D eigenvalue weighted by Gasteiger charge is -2.35. The Bertz CT molecular complexity index is 1930. The molecule has 0 saturated heterocycles. The van der Waals surface area contributed by atoms with Gasteiger partial charge in [0.15, 0.2) is 0 Å². The van der Waals surface area contributed by atoms with E-state index >= 15 is 0 Å². The Hall–Kier alpha value is -4.73. The number of carbonyl (C=O) groups is 1. The Kier molecular flexibility index (Phi) is 10.8. The molecule has 1 aliphatic rings. The van der Waals surface area contributed by atoms with E-state index in [1.165, 1.54) is 10.7 Å². The van der Waals surface area contributed by atoms with Crippen LogP contribution in [0.2, 0.25) is 0 Å². The van der Waals surface area contributed by atoms with Crippen LogP contribution in [0.5, 0.6) is 0 Å². The molecule has 0 spiro atoms. The zero-order valence-electron chi connectivity index (χ0n) is 29.0. The molecule has 6 rings (SSSR count).